The summed E-state index contributed by atoms with van der Waals surface area (Å²) in [5.74, 6) is -3.72. The quantitative estimate of drug-likeness (QED) is 0.100. The number of carbonyl (C=O) groups is 4. The van der Waals surface area contributed by atoms with Crippen LogP contribution in [0.4, 0.5) is 0 Å². The fourth-order valence-electron chi connectivity index (χ4n) is 3.58. The molecule has 36 heavy (non-hydrogen) atoms. The Morgan fingerprint density at radius 1 is 0.472 bits per heavy atom. The molecular formula is C26H50N2Na2O6. The maximum atomic E-state index is 11.7. The van der Waals surface area contributed by atoms with Crippen molar-refractivity contribution in [2.45, 2.75) is 142 Å². The Morgan fingerprint density at radius 3 is 1.00 bits per heavy atom. The topological polar surface area (TPSA) is 111 Å². The SMILES string of the molecule is CCCCCCCCCCCC(=O)NOC(=O)C(=O)ONC(=O)CCCCCCCCCCC.[H-].[H-].[Na+].[Na+]. The van der Waals surface area contributed by atoms with Crippen LogP contribution in [0.15, 0.2) is 0 Å². The smallest absolute Gasteiger partial charge is 1.00 e. The van der Waals surface area contributed by atoms with Crippen LogP contribution >= 0.6 is 0 Å². The molecule has 0 radical (unpaired) electrons. The standard InChI is InChI=1S/C26H48N2O6.2Na.2H/c1-3-5-7-9-11-13-15-17-19-21-23(29)27-33-25(31)26(32)34-28-24(30)22-20-18-16-14-12-10-8-6-4-2;;;;/h3-22H2,1-2H3,(H,27,29)(H,28,30);;;;/q;2*+1;2*-1. The molecule has 2 amide bonds. The molecule has 0 aromatic heterocycles. The monoisotopic (exact) mass is 532 g/mol. The Balaban J connectivity index is -0.000000907. The van der Waals surface area contributed by atoms with Gasteiger partial charge in [0.1, 0.15) is 0 Å². The molecule has 0 aromatic rings. The average Bonchev–Trinajstić information content (AvgIpc) is 2.83. The molecule has 8 nitrogen and oxygen atoms in total. The van der Waals surface area contributed by atoms with Gasteiger partial charge in [0.15, 0.2) is 0 Å². The van der Waals surface area contributed by atoms with Gasteiger partial charge in [-0.15, -0.1) is 0 Å². The van der Waals surface area contributed by atoms with Crippen molar-refractivity contribution in [2.24, 2.45) is 0 Å². The number of unbranched alkanes of at least 4 members (excludes halogenated alkanes) is 16. The molecular weight excluding hydrogens is 482 g/mol. The first-order valence-electron chi connectivity index (χ1n) is 13.5. The number of rotatable bonds is 20. The van der Waals surface area contributed by atoms with Crippen LogP contribution in [0.2, 0.25) is 0 Å². The molecule has 0 saturated heterocycles. The maximum Gasteiger partial charge on any atom is 1.00 e. The van der Waals surface area contributed by atoms with E-state index in [-0.39, 0.29) is 74.8 Å². The van der Waals surface area contributed by atoms with Crippen molar-refractivity contribution in [3.05, 3.63) is 0 Å². The van der Waals surface area contributed by atoms with Gasteiger partial charge in [0.05, 0.1) is 0 Å². The third-order valence-corrected chi connectivity index (χ3v) is 5.70. The predicted octanol–water partition coefficient (Wildman–Crippen LogP) is 0.210. The Hall–Kier alpha value is -0.120. The summed E-state index contributed by atoms with van der Waals surface area (Å²) in [5, 5.41) is 0. The molecule has 0 fully saturated rings. The molecule has 0 bridgehead atoms. The van der Waals surface area contributed by atoms with Gasteiger partial charge in [-0.25, -0.2) is 9.59 Å². The molecule has 0 spiro atoms. The number of carbonyl (C=O) groups excluding carboxylic acids is 4. The first kappa shape index (κ1) is 40.4. The van der Waals surface area contributed by atoms with E-state index >= 15 is 0 Å². The van der Waals surface area contributed by atoms with Crippen molar-refractivity contribution in [2.75, 3.05) is 0 Å². The summed E-state index contributed by atoms with van der Waals surface area (Å²) in [6, 6.07) is 0. The van der Waals surface area contributed by atoms with Gasteiger partial charge in [0.25, 0.3) is 11.8 Å². The molecule has 2 N–H and O–H groups in total. The van der Waals surface area contributed by atoms with Crippen LogP contribution in [0.25, 0.3) is 0 Å². The van der Waals surface area contributed by atoms with Crippen molar-refractivity contribution in [1.82, 2.24) is 11.0 Å². The van der Waals surface area contributed by atoms with Crippen molar-refractivity contribution in [3.63, 3.8) is 0 Å². The Labute approximate surface area is 266 Å². The number of nitrogens with one attached hydrogen (secondary N) is 2. The van der Waals surface area contributed by atoms with Crippen LogP contribution in [0, 0.1) is 0 Å². The largest absolute Gasteiger partial charge is 1.00 e. The zero-order chi connectivity index (χ0) is 25.3. The minimum Gasteiger partial charge on any atom is -1.00 e. The van der Waals surface area contributed by atoms with E-state index in [0.29, 0.717) is 12.8 Å². The van der Waals surface area contributed by atoms with Gasteiger partial charge in [0, 0.05) is 12.8 Å². The van der Waals surface area contributed by atoms with Crippen LogP contribution in [0.3, 0.4) is 0 Å². The van der Waals surface area contributed by atoms with Crippen molar-refractivity contribution < 1.29 is 90.8 Å². The molecule has 0 rings (SSSR count). The molecule has 0 aliphatic carbocycles. The van der Waals surface area contributed by atoms with Crippen LogP contribution in [-0.4, -0.2) is 23.8 Å². The molecule has 0 aliphatic heterocycles. The predicted molar refractivity (Wildman–Crippen MR) is 134 cm³/mol. The van der Waals surface area contributed by atoms with Gasteiger partial charge in [-0.2, -0.15) is 11.0 Å². The van der Waals surface area contributed by atoms with Crippen molar-refractivity contribution >= 4 is 23.8 Å². The van der Waals surface area contributed by atoms with E-state index in [1.165, 1.54) is 64.2 Å². The summed E-state index contributed by atoms with van der Waals surface area (Å²) in [6.07, 6.45) is 20.8. The van der Waals surface area contributed by atoms with Crippen LogP contribution < -0.4 is 70.1 Å². The number of hydrogen-bond donors (Lipinski definition) is 2. The minimum absolute atomic E-state index is 0. The van der Waals surface area contributed by atoms with Gasteiger partial charge in [-0.1, -0.05) is 117 Å². The van der Waals surface area contributed by atoms with Gasteiger partial charge in [-0.3, -0.25) is 9.59 Å². The molecule has 0 saturated carbocycles. The summed E-state index contributed by atoms with van der Waals surface area (Å²) >= 11 is 0. The van der Waals surface area contributed by atoms with Gasteiger partial charge < -0.3 is 12.5 Å². The van der Waals surface area contributed by atoms with Gasteiger partial charge in [-0.05, 0) is 12.8 Å². The zero-order valence-electron chi connectivity index (χ0n) is 25.6. The molecule has 0 unspecified atom stereocenters. The molecule has 202 valence electrons. The molecule has 10 heteroatoms. The second-order valence-electron chi connectivity index (χ2n) is 8.99. The maximum absolute atomic E-state index is 11.7. The van der Waals surface area contributed by atoms with Crippen LogP contribution in [-0.2, 0) is 28.9 Å². The average molecular weight is 533 g/mol. The summed E-state index contributed by atoms with van der Waals surface area (Å²) in [4.78, 5) is 55.3. The third kappa shape index (κ3) is 28.5. The minimum atomic E-state index is -1.39. The molecule has 0 atom stereocenters. The summed E-state index contributed by atoms with van der Waals surface area (Å²) in [6.45, 7) is 4.39. The van der Waals surface area contributed by atoms with Crippen LogP contribution in [0.1, 0.15) is 145 Å². The van der Waals surface area contributed by atoms with E-state index in [2.05, 4.69) is 23.5 Å². The van der Waals surface area contributed by atoms with Crippen molar-refractivity contribution in [3.8, 4) is 0 Å². The third-order valence-electron chi connectivity index (χ3n) is 5.70. The fourth-order valence-corrected chi connectivity index (χ4v) is 3.58. The van der Waals surface area contributed by atoms with E-state index in [4.69, 9.17) is 0 Å². The van der Waals surface area contributed by atoms with Crippen LogP contribution in [0.5, 0.6) is 0 Å². The first-order chi connectivity index (χ1) is 16.5. The fraction of sp³-hybridized carbons (Fsp3) is 0.846. The van der Waals surface area contributed by atoms with E-state index in [0.717, 1.165) is 38.5 Å². The van der Waals surface area contributed by atoms with E-state index in [9.17, 15) is 19.2 Å². The summed E-state index contributed by atoms with van der Waals surface area (Å²) in [7, 11) is 0. The Bertz CT molecular complexity index is 528. The van der Waals surface area contributed by atoms with E-state index in [1.807, 2.05) is 11.0 Å². The second kappa shape index (κ2) is 31.1. The first-order valence-corrected chi connectivity index (χ1v) is 13.5. The van der Waals surface area contributed by atoms with Gasteiger partial charge in [0.2, 0.25) is 0 Å². The van der Waals surface area contributed by atoms with Gasteiger partial charge >= 0.3 is 71.1 Å². The number of hydroxylamine groups is 2. The second-order valence-corrected chi connectivity index (χ2v) is 8.99. The molecule has 0 heterocycles. The Kier molecular flexibility index (Phi) is 34.9. The van der Waals surface area contributed by atoms with Crippen molar-refractivity contribution in [1.29, 1.82) is 0 Å². The molecule has 0 aliphatic rings. The van der Waals surface area contributed by atoms with E-state index < -0.39 is 23.8 Å². The summed E-state index contributed by atoms with van der Waals surface area (Å²) < 4.78 is 0. The Morgan fingerprint density at radius 2 is 0.722 bits per heavy atom. The van der Waals surface area contributed by atoms with E-state index in [1.54, 1.807) is 0 Å². The summed E-state index contributed by atoms with van der Waals surface area (Å²) in [5.41, 5.74) is 3.89. The zero-order valence-corrected chi connectivity index (χ0v) is 27.6. The number of amides is 2. The molecule has 0 aromatic carbocycles. The number of hydrogen-bond acceptors (Lipinski definition) is 6. The normalized spacial score (nSPS) is 9.94.